The Morgan fingerprint density at radius 3 is 3.13 bits per heavy atom. The van der Waals surface area contributed by atoms with Crippen LogP contribution in [0.2, 0.25) is 0 Å². The molecular weight excluding hydrogens is 212 g/mol. The molecule has 2 rings (SSSR count). The van der Waals surface area contributed by atoms with E-state index in [1.165, 1.54) is 0 Å². The van der Waals surface area contributed by atoms with Crippen molar-refractivity contribution in [3.05, 3.63) is 0 Å². The molecule has 2 heterocycles. The number of carbonyl (C=O) groups is 1. The second kappa shape index (κ2) is 4.42. The molecule has 0 aromatic rings. The van der Waals surface area contributed by atoms with E-state index < -0.39 is 0 Å². The third kappa shape index (κ3) is 1.84. The van der Waals surface area contributed by atoms with Gasteiger partial charge in [0.15, 0.2) is 0 Å². The third-order valence-corrected chi connectivity index (χ3v) is 4.27. The Balaban J connectivity index is 2.08. The fourth-order valence-corrected chi connectivity index (χ4v) is 3.72. The van der Waals surface area contributed by atoms with Crippen molar-refractivity contribution in [2.24, 2.45) is 0 Å². The molecule has 0 spiro atoms. The quantitative estimate of drug-likeness (QED) is 0.657. The summed E-state index contributed by atoms with van der Waals surface area (Å²) in [5.74, 6) is 0.594. The summed E-state index contributed by atoms with van der Waals surface area (Å²) in [7, 11) is 0. The number of fused-ring (bicyclic) bond motifs is 1. The Labute approximate surface area is 93.6 Å². The highest BCUT2D eigenvalue weighted by molar-refractivity contribution is 8.00. The van der Waals surface area contributed by atoms with Crippen molar-refractivity contribution in [3.63, 3.8) is 0 Å². The van der Waals surface area contributed by atoms with Gasteiger partial charge in [0, 0.05) is 5.75 Å². The lowest BCUT2D eigenvalue weighted by atomic mass is 10.2. The number of hydrogen-bond acceptors (Lipinski definition) is 5. The number of hydrogen-bond donors (Lipinski definition) is 0. The molecule has 2 aliphatic heterocycles. The highest BCUT2D eigenvalue weighted by Crippen LogP contribution is 2.40. The lowest BCUT2D eigenvalue weighted by Gasteiger charge is -2.23. The summed E-state index contributed by atoms with van der Waals surface area (Å²) >= 11 is 1.77. The monoisotopic (exact) mass is 226 g/mol. The molecule has 0 radical (unpaired) electrons. The molecule has 0 N–H and O–H groups in total. The summed E-state index contributed by atoms with van der Waals surface area (Å²) in [5, 5.41) is 9.34. The molecule has 0 amide bonds. The average molecular weight is 226 g/mol. The fourth-order valence-electron chi connectivity index (χ4n) is 2.23. The zero-order chi connectivity index (χ0) is 10.8. The first-order valence-electron chi connectivity index (χ1n) is 5.23. The van der Waals surface area contributed by atoms with E-state index in [4.69, 9.17) is 10.00 Å². The second-order valence-corrected chi connectivity index (χ2v) is 4.94. The van der Waals surface area contributed by atoms with Gasteiger partial charge in [-0.2, -0.15) is 5.26 Å². The fraction of sp³-hybridized carbons (Fsp3) is 0.800. The van der Waals surface area contributed by atoms with Crippen molar-refractivity contribution in [1.82, 2.24) is 4.90 Å². The maximum absolute atomic E-state index is 11.7. The number of carbonyl (C=O) groups excluding carboxylic acids is 1. The lowest BCUT2D eigenvalue weighted by Crippen LogP contribution is -2.44. The molecular formula is C10H14N2O2S. The number of rotatable bonds is 2. The molecule has 2 aliphatic rings. The minimum atomic E-state index is -0.202. The highest BCUT2D eigenvalue weighted by Gasteiger charge is 2.47. The molecule has 82 valence electrons. The summed E-state index contributed by atoms with van der Waals surface area (Å²) in [5.41, 5.74) is 0. The van der Waals surface area contributed by atoms with Gasteiger partial charge >= 0.3 is 5.97 Å². The Morgan fingerprint density at radius 1 is 1.67 bits per heavy atom. The van der Waals surface area contributed by atoms with Crippen LogP contribution >= 0.6 is 11.8 Å². The molecule has 0 bridgehead atoms. The number of nitrogens with zero attached hydrogens (tertiary/aromatic N) is 2. The van der Waals surface area contributed by atoms with Gasteiger partial charge in [-0.15, -0.1) is 11.8 Å². The van der Waals surface area contributed by atoms with Gasteiger partial charge in [-0.3, -0.25) is 9.69 Å². The first-order chi connectivity index (χ1) is 7.27. The lowest BCUT2D eigenvalue weighted by molar-refractivity contribution is -0.148. The van der Waals surface area contributed by atoms with Crippen LogP contribution in [0.3, 0.4) is 0 Å². The van der Waals surface area contributed by atoms with Crippen molar-refractivity contribution in [2.45, 2.75) is 37.2 Å². The standard InChI is InChI=1S/C10H14N2O2S/c1-2-14-10(13)8-6-15-9-4-3-7(5-11)12(8)9/h7-9H,2-4,6H2,1H3/t7-,8?,9+/m1/s1. The Kier molecular flexibility index (Phi) is 3.17. The summed E-state index contributed by atoms with van der Waals surface area (Å²) in [6.45, 7) is 2.22. The maximum atomic E-state index is 11.7. The van der Waals surface area contributed by atoms with Crippen molar-refractivity contribution in [3.8, 4) is 6.07 Å². The van der Waals surface area contributed by atoms with Crippen LogP contribution < -0.4 is 0 Å². The number of nitriles is 1. The van der Waals surface area contributed by atoms with E-state index in [1.54, 1.807) is 11.8 Å². The van der Waals surface area contributed by atoms with Crippen molar-refractivity contribution in [2.75, 3.05) is 12.4 Å². The molecule has 2 saturated heterocycles. The van der Waals surface area contributed by atoms with Crippen molar-refractivity contribution >= 4 is 17.7 Å². The van der Waals surface area contributed by atoms with Crippen LogP contribution in [-0.2, 0) is 9.53 Å². The number of thioether (sulfide) groups is 1. The SMILES string of the molecule is CCOC(=O)C1CS[C@H]2CC[C@H](C#N)N12. The van der Waals surface area contributed by atoms with E-state index >= 15 is 0 Å². The van der Waals surface area contributed by atoms with Crippen LogP contribution in [0.1, 0.15) is 19.8 Å². The summed E-state index contributed by atoms with van der Waals surface area (Å²) < 4.78 is 5.02. The third-order valence-electron chi connectivity index (χ3n) is 2.89. The summed E-state index contributed by atoms with van der Waals surface area (Å²) in [6.07, 6.45) is 1.89. The Hall–Kier alpha value is -0.730. The van der Waals surface area contributed by atoms with E-state index in [0.717, 1.165) is 18.6 Å². The minimum absolute atomic E-state index is 0.0978. The van der Waals surface area contributed by atoms with Crippen LogP contribution in [-0.4, -0.2) is 40.7 Å². The van der Waals surface area contributed by atoms with E-state index in [0.29, 0.717) is 12.0 Å². The Bertz CT molecular complexity index is 302. The molecule has 5 heteroatoms. The maximum Gasteiger partial charge on any atom is 0.324 e. The van der Waals surface area contributed by atoms with Crippen LogP contribution in [0.4, 0.5) is 0 Å². The molecule has 0 aromatic heterocycles. The molecule has 1 unspecified atom stereocenters. The Morgan fingerprint density at radius 2 is 2.47 bits per heavy atom. The van der Waals surface area contributed by atoms with Gasteiger partial charge in [0.1, 0.15) is 6.04 Å². The van der Waals surface area contributed by atoms with Gasteiger partial charge in [0.2, 0.25) is 0 Å². The summed E-state index contributed by atoms with van der Waals surface area (Å²) in [6, 6.07) is 1.97. The molecule has 0 saturated carbocycles. The van der Waals surface area contributed by atoms with E-state index in [-0.39, 0.29) is 18.1 Å². The van der Waals surface area contributed by atoms with Gasteiger partial charge in [-0.1, -0.05) is 0 Å². The molecule has 0 aromatic carbocycles. The molecule has 4 nitrogen and oxygen atoms in total. The number of esters is 1. The molecule has 3 atom stereocenters. The molecule has 2 fully saturated rings. The van der Waals surface area contributed by atoms with Crippen LogP contribution in [0.5, 0.6) is 0 Å². The first kappa shape index (κ1) is 10.8. The van der Waals surface area contributed by atoms with Crippen LogP contribution in [0, 0.1) is 11.3 Å². The largest absolute Gasteiger partial charge is 0.465 e. The summed E-state index contributed by atoms with van der Waals surface area (Å²) in [4.78, 5) is 13.7. The minimum Gasteiger partial charge on any atom is -0.465 e. The zero-order valence-corrected chi connectivity index (χ0v) is 9.50. The predicted octanol–water partition coefficient (Wildman–Crippen LogP) is 0.979. The van der Waals surface area contributed by atoms with E-state index in [9.17, 15) is 4.79 Å². The van der Waals surface area contributed by atoms with Gasteiger partial charge in [-0.05, 0) is 19.8 Å². The van der Waals surface area contributed by atoms with E-state index in [2.05, 4.69) is 6.07 Å². The van der Waals surface area contributed by atoms with Crippen molar-refractivity contribution < 1.29 is 9.53 Å². The average Bonchev–Trinajstić information content (AvgIpc) is 2.77. The topological polar surface area (TPSA) is 53.3 Å². The molecule has 15 heavy (non-hydrogen) atoms. The van der Waals surface area contributed by atoms with E-state index in [1.807, 2.05) is 11.8 Å². The number of ether oxygens (including phenoxy) is 1. The van der Waals surface area contributed by atoms with Gasteiger partial charge in [0.25, 0.3) is 0 Å². The van der Waals surface area contributed by atoms with Crippen LogP contribution in [0.25, 0.3) is 0 Å². The first-order valence-corrected chi connectivity index (χ1v) is 6.28. The van der Waals surface area contributed by atoms with Gasteiger partial charge < -0.3 is 4.74 Å². The normalized spacial score (nSPS) is 34.8. The van der Waals surface area contributed by atoms with Gasteiger partial charge in [-0.25, -0.2) is 0 Å². The van der Waals surface area contributed by atoms with Crippen LogP contribution in [0.15, 0.2) is 0 Å². The highest BCUT2D eigenvalue weighted by atomic mass is 32.2. The smallest absolute Gasteiger partial charge is 0.324 e. The van der Waals surface area contributed by atoms with Crippen molar-refractivity contribution in [1.29, 1.82) is 5.26 Å². The second-order valence-electron chi connectivity index (χ2n) is 3.73. The van der Waals surface area contributed by atoms with Gasteiger partial charge in [0.05, 0.1) is 24.1 Å². The zero-order valence-electron chi connectivity index (χ0n) is 8.68. The predicted molar refractivity (Wildman–Crippen MR) is 57.1 cm³/mol. The molecule has 0 aliphatic carbocycles.